The summed E-state index contributed by atoms with van der Waals surface area (Å²) >= 11 is 0. The van der Waals surface area contributed by atoms with Gasteiger partial charge >= 0.3 is 0 Å². The Bertz CT molecular complexity index is 510. The molecule has 0 saturated heterocycles. The largest absolute Gasteiger partial charge is 0.330 e. The van der Waals surface area contributed by atoms with Gasteiger partial charge in [-0.3, -0.25) is 0 Å². The van der Waals surface area contributed by atoms with Crippen molar-refractivity contribution >= 4 is 0 Å². The van der Waals surface area contributed by atoms with Crippen LogP contribution in [-0.4, -0.2) is 6.54 Å². The van der Waals surface area contributed by atoms with Gasteiger partial charge in [0.1, 0.15) is 5.82 Å². The van der Waals surface area contributed by atoms with E-state index in [0.29, 0.717) is 30.5 Å². The van der Waals surface area contributed by atoms with Gasteiger partial charge in [-0.1, -0.05) is 42.5 Å². The number of halogens is 2. The maximum atomic E-state index is 15.4. The number of hydrogen-bond donors (Lipinski definition) is 1. The zero-order valence-electron chi connectivity index (χ0n) is 10.7. The fraction of sp³-hybridized carbons (Fsp3) is 0.250. The molecular formula is C16H17F2N. The quantitative estimate of drug-likeness (QED) is 0.871. The van der Waals surface area contributed by atoms with Crippen molar-refractivity contribution in [1.82, 2.24) is 0 Å². The van der Waals surface area contributed by atoms with E-state index in [-0.39, 0.29) is 5.82 Å². The second-order valence-corrected chi connectivity index (χ2v) is 4.57. The van der Waals surface area contributed by atoms with E-state index in [1.54, 1.807) is 24.3 Å². The Balaban J connectivity index is 2.42. The second kappa shape index (κ2) is 5.93. The highest BCUT2D eigenvalue weighted by molar-refractivity contribution is 5.36. The molecule has 2 aromatic carbocycles. The number of hydrogen-bond acceptors (Lipinski definition) is 1. The van der Waals surface area contributed by atoms with Gasteiger partial charge in [0.2, 0.25) is 0 Å². The molecule has 0 spiro atoms. The number of alkyl halides is 1. The van der Waals surface area contributed by atoms with E-state index in [0.717, 1.165) is 0 Å². The van der Waals surface area contributed by atoms with Gasteiger partial charge in [0, 0.05) is 0 Å². The van der Waals surface area contributed by atoms with Gasteiger partial charge in [-0.05, 0) is 42.6 Å². The Morgan fingerprint density at radius 1 is 0.895 bits per heavy atom. The number of benzene rings is 2. The smallest absolute Gasteiger partial charge is 0.161 e. The van der Waals surface area contributed by atoms with Crippen LogP contribution in [-0.2, 0) is 5.67 Å². The Hall–Kier alpha value is -1.74. The van der Waals surface area contributed by atoms with E-state index in [9.17, 15) is 4.39 Å². The highest BCUT2D eigenvalue weighted by Crippen LogP contribution is 2.38. The third-order valence-electron chi connectivity index (χ3n) is 3.26. The summed E-state index contributed by atoms with van der Waals surface area (Å²) in [4.78, 5) is 0. The SMILES string of the molecule is NCCCC(F)(c1ccccc1)c1ccc(F)cc1. The van der Waals surface area contributed by atoms with Crippen molar-refractivity contribution in [2.24, 2.45) is 5.73 Å². The lowest BCUT2D eigenvalue weighted by molar-refractivity contribution is 0.202. The maximum absolute atomic E-state index is 15.4. The first-order valence-electron chi connectivity index (χ1n) is 6.37. The van der Waals surface area contributed by atoms with Crippen LogP contribution in [0.1, 0.15) is 24.0 Å². The molecule has 0 amide bonds. The minimum absolute atomic E-state index is 0.291. The molecule has 1 unspecified atom stereocenters. The minimum atomic E-state index is -1.62. The fourth-order valence-corrected chi connectivity index (χ4v) is 2.22. The summed E-state index contributed by atoms with van der Waals surface area (Å²) < 4.78 is 28.4. The summed E-state index contributed by atoms with van der Waals surface area (Å²) in [7, 11) is 0. The molecule has 0 bridgehead atoms. The van der Waals surface area contributed by atoms with E-state index < -0.39 is 5.67 Å². The molecule has 0 radical (unpaired) electrons. The van der Waals surface area contributed by atoms with E-state index in [1.165, 1.54) is 24.3 Å². The minimum Gasteiger partial charge on any atom is -0.330 e. The van der Waals surface area contributed by atoms with Gasteiger partial charge in [0.15, 0.2) is 5.67 Å². The molecule has 1 atom stereocenters. The van der Waals surface area contributed by atoms with Crippen molar-refractivity contribution in [3.8, 4) is 0 Å². The molecule has 0 aliphatic rings. The van der Waals surface area contributed by atoms with Crippen molar-refractivity contribution in [1.29, 1.82) is 0 Å². The standard InChI is InChI=1S/C16H17F2N/c17-15-9-7-14(8-10-15)16(18,11-4-12-19)13-5-2-1-3-6-13/h1-3,5-10H,4,11-12,19H2. The normalized spacial score (nSPS) is 14.1. The highest BCUT2D eigenvalue weighted by Gasteiger charge is 2.33. The van der Waals surface area contributed by atoms with E-state index in [4.69, 9.17) is 5.73 Å². The van der Waals surface area contributed by atoms with Crippen molar-refractivity contribution in [3.05, 3.63) is 71.5 Å². The van der Waals surface area contributed by atoms with Crippen molar-refractivity contribution < 1.29 is 8.78 Å². The van der Waals surface area contributed by atoms with E-state index >= 15 is 4.39 Å². The first-order chi connectivity index (χ1) is 9.16. The Morgan fingerprint density at radius 3 is 2.05 bits per heavy atom. The zero-order valence-corrected chi connectivity index (χ0v) is 10.7. The Kier molecular flexibility index (Phi) is 4.27. The van der Waals surface area contributed by atoms with Crippen LogP contribution in [0.15, 0.2) is 54.6 Å². The van der Waals surface area contributed by atoms with Gasteiger partial charge in [-0.25, -0.2) is 8.78 Å². The first-order valence-corrected chi connectivity index (χ1v) is 6.37. The number of rotatable bonds is 5. The van der Waals surface area contributed by atoms with Gasteiger partial charge in [-0.2, -0.15) is 0 Å². The summed E-state index contributed by atoms with van der Waals surface area (Å²) in [5.41, 5.74) is 4.92. The third-order valence-corrected chi connectivity index (χ3v) is 3.26. The van der Waals surface area contributed by atoms with E-state index in [2.05, 4.69) is 0 Å². The summed E-state index contributed by atoms with van der Waals surface area (Å²) in [5.74, 6) is -0.363. The second-order valence-electron chi connectivity index (χ2n) is 4.57. The van der Waals surface area contributed by atoms with Gasteiger partial charge < -0.3 is 5.73 Å². The third kappa shape index (κ3) is 2.99. The predicted molar refractivity (Wildman–Crippen MR) is 73.0 cm³/mol. The fourth-order valence-electron chi connectivity index (χ4n) is 2.22. The molecule has 0 fully saturated rings. The van der Waals surface area contributed by atoms with Crippen LogP contribution in [0.25, 0.3) is 0 Å². The van der Waals surface area contributed by atoms with Crippen LogP contribution in [0.4, 0.5) is 8.78 Å². The van der Waals surface area contributed by atoms with Gasteiger partial charge in [0.05, 0.1) is 0 Å². The maximum Gasteiger partial charge on any atom is 0.161 e. The molecule has 0 aromatic heterocycles. The average Bonchev–Trinajstić information content (AvgIpc) is 2.46. The topological polar surface area (TPSA) is 26.0 Å². The molecule has 2 aromatic rings. The summed E-state index contributed by atoms with van der Waals surface area (Å²) in [5, 5.41) is 0. The first kappa shape index (κ1) is 13.7. The molecule has 2 rings (SSSR count). The van der Waals surface area contributed by atoms with Crippen LogP contribution >= 0.6 is 0 Å². The molecular weight excluding hydrogens is 244 g/mol. The molecule has 3 heteroatoms. The lowest BCUT2D eigenvalue weighted by Crippen LogP contribution is -2.23. The van der Waals surface area contributed by atoms with Crippen LogP contribution in [0, 0.1) is 5.82 Å². The Labute approximate surface area is 112 Å². The van der Waals surface area contributed by atoms with Crippen LogP contribution in [0.3, 0.4) is 0 Å². The molecule has 0 aliphatic heterocycles. The predicted octanol–water partition coefficient (Wildman–Crippen LogP) is 3.78. The zero-order chi connectivity index (χ0) is 13.7. The molecule has 2 N–H and O–H groups in total. The summed E-state index contributed by atoms with van der Waals surface area (Å²) in [6.45, 7) is 0.430. The molecule has 1 nitrogen and oxygen atoms in total. The lowest BCUT2D eigenvalue weighted by Gasteiger charge is -2.26. The number of nitrogens with two attached hydrogens (primary N) is 1. The average molecular weight is 261 g/mol. The molecule has 19 heavy (non-hydrogen) atoms. The summed E-state index contributed by atoms with van der Waals surface area (Å²) in [6, 6.07) is 14.5. The van der Waals surface area contributed by atoms with Crippen LogP contribution in [0.2, 0.25) is 0 Å². The van der Waals surface area contributed by atoms with Gasteiger partial charge in [-0.15, -0.1) is 0 Å². The van der Waals surface area contributed by atoms with Crippen molar-refractivity contribution in [2.75, 3.05) is 6.54 Å². The Morgan fingerprint density at radius 2 is 1.47 bits per heavy atom. The molecule has 100 valence electrons. The monoisotopic (exact) mass is 261 g/mol. The molecule has 0 aliphatic carbocycles. The molecule has 0 heterocycles. The summed E-state index contributed by atoms with van der Waals surface area (Å²) in [6.07, 6.45) is 0.863. The van der Waals surface area contributed by atoms with Gasteiger partial charge in [0.25, 0.3) is 0 Å². The van der Waals surface area contributed by atoms with E-state index in [1.807, 2.05) is 6.07 Å². The van der Waals surface area contributed by atoms with Crippen molar-refractivity contribution in [2.45, 2.75) is 18.5 Å². The lowest BCUT2D eigenvalue weighted by atomic mass is 9.84. The van der Waals surface area contributed by atoms with Crippen molar-refractivity contribution in [3.63, 3.8) is 0 Å². The molecule has 0 saturated carbocycles. The van der Waals surface area contributed by atoms with Crippen LogP contribution in [0.5, 0.6) is 0 Å². The van der Waals surface area contributed by atoms with Crippen LogP contribution < -0.4 is 5.73 Å². The highest BCUT2D eigenvalue weighted by atomic mass is 19.1.